The maximum Gasteiger partial charge on any atom is 0.373 e. The molecular formula is C26H36N2O6. The molecule has 1 aliphatic heterocycles. The lowest BCUT2D eigenvalue weighted by Crippen LogP contribution is -2.53. The van der Waals surface area contributed by atoms with Crippen molar-refractivity contribution >= 4 is 23.5 Å². The molecule has 8 nitrogen and oxygen atoms in total. The first-order valence-electron chi connectivity index (χ1n) is 12.7. The Morgan fingerprint density at radius 1 is 1.03 bits per heavy atom. The van der Waals surface area contributed by atoms with Gasteiger partial charge in [0.15, 0.2) is 0 Å². The minimum Gasteiger partial charge on any atom is -0.390 e. The molecule has 0 spiro atoms. The van der Waals surface area contributed by atoms with Crippen molar-refractivity contribution in [1.29, 1.82) is 0 Å². The van der Waals surface area contributed by atoms with Crippen LogP contribution in [0, 0.1) is 28.6 Å². The third-order valence-electron chi connectivity index (χ3n) is 10.1. The fourth-order valence-corrected chi connectivity index (χ4v) is 7.84. The number of allylic oxidation sites excluding steroid dienone is 2. The predicted molar refractivity (Wildman–Crippen MR) is 123 cm³/mol. The number of carbonyl (C=O) groups excluding carboxylic acids is 3. The number of aliphatic hydroxyl groups is 1. The van der Waals surface area contributed by atoms with Gasteiger partial charge in [-0.05, 0) is 93.0 Å². The maximum absolute atomic E-state index is 11.9. The Bertz CT molecular complexity index is 954. The van der Waals surface area contributed by atoms with Crippen molar-refractivity contribution in [1.82, 2.24) is 5.06 Å². The largest absolute Gasteiger partial charge is 0.390 e. The normalized spacial score (nSPS) is 42.7. The summed E-state index contributed by atoms with van der Waals surface area (Å²) in [6.45, 7) is 6.32. The molecule has 6 atom stereocenters. The lowest BCUT2D eigenvalue weighted by molar-refractivity contribution is -0.200. The highest BCUT2D eigenvalue weighted by molar-refractivity contribution is 6.01. The number of carbonyl (C=O) groups is 3. The van der Waals surface area contributed by atoms with Gasteiger partial charge in [-0.2, -0.15) is 0 Å². The van der Waals surface area contributed by atoms with Crippen LogP contribution in [0.1, 0.15) is 85.0 Å². The van der Waals surface area contributed by atoms with Crippen LogP contribution in [-0.2, 0) is 24.1 Å². The van der Waals surface area contributed by atoms with Gasteiger partial charge >= 0.3 is 5.97 Å². The van der Waals surface area contributed by atoms with E-state index < -0.39 is 30.0 Å². The average molecular weight is 473 g/mol. The van der Waals surface area contributed by atoms with E-state index in [0.29, 0.717) is 22.8 Å². The van der Waals surface area contributed by atoms with Crippen LogP contribution >= 0.6 is 0 Å². The number of hydroxylamine groups is 2. The second kappa shape index (κ2) is 8.18. The Labute approximate surface area is 200 Å². The minimum atomic E-state index is -0.820. The van der Waals surface area contributed by atoms with Gasteiger partial charge in [0.2, 0.25) is 6.61 Å². The molecule has 4 aliphatic carbocycles. The first-order valence-corrected chi connectivity index (χ1v) is 12.7. The number of fused-ring (bicyclic) bond motifs is 5. The van der Waals surface area contributed by atoms with E-state index in [1.807, 2.05) is 6.92 Å². The van der Waals surface area contributed by atoms with Gasteiger partial charge in [-0.3, -0.25) is 9.59 Å². The van der Waals surface area contributed by atoms with Gasteiger partial charge in [-0.1, -0.05) is 24.6 Å². The fraction of sp³-hybridized carbons (Fsp3) is 0.769. The third kappa shape index (κ3) is 3.60. The van der Waals surface area contributed by atoms with E-state index in [4.69, 9.17) is 9.68 Å². The van der Waals surface area contributed by atoms with Crippen molar-refractivity contribution in [3.8, 4) is 0 Å². The molecule has 1 heterocycles. The molecule has 34 heavy (non-hydrogen) atoms. The highest BCUT2D eigenvalue weighted by atomic mass is 16.7. The maximum atomic E-state index is 11.9. The zero-order valence-corrected chi connectivity index (χ0v) is 20.5. The summed E-state index contributed by atoms with van der Waals surface area (Å²) in [6.07, 6.45) is 10.5. The summed E-state index contributed by atoms with van der Waals surface area (Å²) < 4.78 is 0. The lowest BCUT2D eigenvalue weighted by Gasteiger charge is -2.59. The molecule has 2 amide bonds. The second-order valence-corrected chi connectivity index (χ2v) is 11.7. The number of amides is 2. The smallest absolute Gasteiger partial charge is 0.373 e. The summed E-state index contributed by atoms with van der Waals surface area (Å²) in [5.74, 6) is 0.0438. The standard InChI is InChI=1S/C26H36N2O6/c1-24-11-8-17(27-33-15-23(31)34-28-21(29)6-7-22(28)30)14-16(24)4-5-18-19(24)9-12-25(2)20(18)10-13-26(25,3)32/h14,18-20,32H,4-13,15H2,1-3H3/t18-,19+,20+,24+,25+,26+/m1/s1. The van der Waals surface area contributed by atoms with Crippen LogP contribution in [0.5, 0.6) is 0 Å². The summed E-state index contributed by atoms with van der Waals surface area (Å²) in [5.41, 5.74) is 1.86. The van der Waals surface area contributed by atoms with Crippen molar-refractivity contribution in [2.24, 2.45) is 33.7 Å². The van der Waals surface area contributed by atoms with E-state index in [-0.39, 0.29) is 23.7 Å². The molecule has 0 unspecified atom stereocenters. The highest BCUT2D eigenvalue weighted by Crippen LogP contribution is 2.67. The van der Waals surface area contributed by atoms with E-state index in [2.05, 4.69) is 25.1 Å². The molecule has 3 saturated carbocycles. The number of hydrogen-bond acceptors (Lipinski definition) is 7. The summed E-state index contributed by atoms with van der Waals surface area (Å²) in [5, 5.41) is 15.8. The molecule has 5 rings (SSSR count). The fourth-order valence-electron chi connectivity index (χ4n) is 7.84. The predicted octanol–water partition coefficient (Wildman–Crippen LogP) is 3.68. The van der Waals surface area contributed by atoms with Crippen LogP contribution in [0.4, 0.5) is 0 Å². The molecule has 4 fully saturated rings. The molecule has 0 aromatic carbocycles. The summed E-state index contributed by atoms with van der Waals surface area (Å²) >= 11 is 0. The van der Waals surface area contributed by atoms with Gasteiger partial charge in [0.1, 0.15) is 0 Å². The lowest BCUT2D eigenvalue weighted by atomic mass is 9.46. The van der Waals surface area contributed by atoms with Gasteiger partial charge < -0.3 is 14.8 Å². The van der Waals surface area contributed by atoms with E-state index in [0.717, 1.165) is 57.1 Å². The van der Waals surface area contributed by atoms with Crippen LogP contribution in [0.15, 0.2) is 16.8 Å². The first-order chi connectivity index (χ1) is 16.0. The van der Waals surface area contributed by atoms with Crippen molar-refractivity contribution in [3.63, 3.8) is 0 Å². The number of nitrogens with zero attached hydrogens (tertiary/aromatic N) is 2. The van der Waals surface area contributed by atoms with E-state index in [1.54, 1.807) is 0 Å². The van der Waals surface area contributed by atoms with E-state index in [9.17, 15) is 19.5 Å². The molecule has 5 aliphatic rings. The molecule has 0 aromatic heterocycles. The quantitative estimate of drug-likeness (QED) is 0.494. The van der Waals surface area contributed by atoms with Gasteiger partial charge in [-0.25, -0.2) is 4.79 Å². The van der Waals surface area contributed by atoms with E-state index >= 15 is 0 Å². The Hall–Kier alpha value is -2.22. The van der Waals surface area contributed by atoms with Crippen LogP contribution in [0.2, 0.25) is 0 Å². The van der Waals surface area contributed by atoms with Crippen LogP contribution in [-0.4, -0.2) is 45.9 Å². The van der Waals surface area contributed by atoms with Gasteiger partial charge in [0.05, 0.1) is 11.3 Å². The monoisotopic (exact) mass is 472 g/mol. The van der Waals surface area contributed by atoms with Gasteiger partial charge in [-0.15, -0.1) is 5.06 Å². The van der Waals surface area contributed by atoms with Crippen molar-refractivity contribution in [2.75, 3.05) is 6.61 Å². The highest BCUT2D eigenvalue weighted by Gasteiger charge is 2.62. The van der Waals surface area contributed by atoms with Crippen molar-refractivity contribution in [3.05, 3.63) is 11.6 Å². The summed E-state index contributed by atoms with van der Waals surface area (Å²) in [4.78, 5) is 45.1. The number of hydrogen-bond donors (Lipinski definition) is 1. The molecule has 1 N–H and O–H groups in total. The van der Waals surface area contributed by atoms with Gasteiger partial charge in [0.25, 0.3) is 11.8 Å². The van der Waals surface area contributed by atoms with Crippen LogP contribution in [0.25, 0.3) is 0 Å². The van der Waals surface area contributed by atoms with Gasteiger partial charge in [0, 0.05) is 12.8 Å². The Balaban J connectivity index is 1.22. The number of imide groups is 1. The Morgan fingerprint density at radius 3 is 2.47 bits per heavy atom. The first kappa shape index (κ1) is 23.5. The molecule has 186 valence electrons. The molecule has 0 aromatic rings. The topological polar surface area (TPSA) is 106 Å². The summed E-state index contributed by atoms with van der Waals surface area (Å²) in [7, 11) is 0. The second-order valence-electron chi connectivity index (χ2n) is 11.7. The molecule has 1 saturated heterocycles. The Morgan fingerprint density at radius 2 is 1.74 bits per heavy atom. The number of rotatable bonds is 4. The number of oxime groups is 1. The SMILES string of the molecule is C[C@]12CCC(=NOCC(=O)ON3C(=O)CCC3=O)C=C1CC[C@@H]1[C@@H]2CC[C@@]2(C)[C@H]1CC[C@]2(C)O. The average Bonchev–Trinajstić information content (AvgIpc) is 3.23. The minimum absolute atomic E-state index is 0.0276. The van der Waals surface area contributed by atoms with Crippen molar-refractivity contribution < 1.29 is 29.2 Å². The zero-order chi connectivity index (χ0) is 24.3. The molecular weight excluding hydrogens is 436 g/mol. The van der Waals surface area contributed by atoms with E-state index in [1.165, 1.54) is 5.57 Å². The molecule has 0 bridgehead atoms. The Kier molecular flexibility index (Phi) is 5.66. The third-order valence-corrected chi connectivity index (χ3v) is 10.1. The molecule has 8 heteroatoms. The van der Waals surface area contributed by atoms with Crippen LogP contribution < -0.4 is 0 Å². The van der Waals surface area contributed by atoms with Crippen molar-refractivity contribution in [2.45, 2.75) is 90.6 Å². The zero-order valence-electron chi connectivity index (χ0n) is 20.5. The summed E-state index contributed by atoms with van der Waals surface area (Å²) in [6, 6.07) is 0. The molecule has 0 radical (unpaired) electrons. The van der Waals surface area contributed by atoms with Crippen LogP contribution in [0.3, 0.4) is 0 Å².